The van der Waals surface area contributed by atoms with Gasteiger partial charge in [0.25, 0.3) is 5.56 Å². The molecule has 0 amide bonds. The zero-order chi connectivity index (χ0) is 27.1. The number of hydrogen-bond acceptors (Lipinski definition) is 11. The van der Waals surface area contributed by atoms with Gasteiger partial charge < -0.3 is 24.6 Å². The van der Waals surface area contributed by atoms with Gasteiger partial charge in [-0.15, -0.1) is 0 Å². The number of rotatable bonds is 8. The average Bonchev–Trinajstić information content (AvgIpc) is 3.39. The Kier molecular flexibility index (Phi) is 8.13. The summed E-state index contributed by atoms with van der Waals surface area (Å²) in [5.74, 6) is 0. The molecule has 1 unspecified atom stereocenters. The van der Waals surface area contributed by atoms with Crippen LogP contribution in [0.4, 0.5) is 0 Å². The van der Waals surface area contributed by atoms with Crippen LogP contribution >= 0.6 is 20.0 Å². The third-order valence-corrected chi connectivity index (χ3v) is 7.58. The van der Waals surface area contributed by atoms with Crippen LogP contribution in [0.5, 0.6) is 0 Å². The fourth-order valence-corrected chi connectivity index (χ4v) is 5.25. The van der Waals surface area contributed by atoms with Crippen LogP contribution in [0, 0.1) is 18.5 Å². The molecule has 4 rings (SSSR count). The molecule has 17 heteroatoms. The first-order valence-corrected chi connectivity index (χ1v) is 13.2. The van der Waals surface area contributed by atoms with E-state index in [0.29, 0.717) is 5.56 Å². The van der Waals surface area contributed by atoms with E-state index in [1.54, 1.807) is 6.92 Å². The number of aromatic nitrogens is 4. The number of aliphatic hydroxyl groups is 2. The molecule has 37 heavy (non-hydrogen) atoms. The van der Waals surface area contributed by atoms with E-state index in [-0.39, 0.29) is 23.0 Å². The Balaban J connectivity index is 1.39. The standard InChI is InChI=1S/C20H27N4O11PS/c1-9-5-23(19(28)21-17(9)27)15-3-11(26)14(34-15)8-32-36(30,31)35-12-4-16(33-13(12)7-25)24-6-10(2)18(37)22-20(24)29/h5-6,11-16,25-26H,3-4,7-8H2,1-2H3,(H,30,31)(H,21,27,28)(H,22,29,37)/t11-,12-,13+,14+,15+,16+/m0/s1. The molecule has 2 aromatic rings. The summed E-state index contributed by atoms with van der Waals surface area (Å²) in [4.78, 5) is 50.9. The molecule has 204 valence electrons. The second-order valence-corrected chi connectivity index (χ2v) is 10.7. The maximum absolute atomic E-state index is 12.6. The van der Waals surface area contributed by atoms with Gasteiger partial charge in [0, 0.05) is 36.4 Å². The van der Waals surface area contributed by atoms with Crippen molar-refractivity contribution < 1.29 is 38.2 Å². The first-order chi connectivity index (χ1) is 17.4. The second kappa shape index (κ2) is 10.8. The van der Waals surface area contributed by atoms with E-state index < -0.39 is 74.8 Å². The summed E-state index contributed by atoms with van der Waals surface area (Å²) in [6.07, 6.45) is -3.52. The monoisotopic (exact) mass is 562 g/mol. The Hall–Kier alpha value is -2.27. The van der Waals surface area contributed by atoms with Crippen LogP contribution in [-0.2, 0) is 23.1 Å². The number of hydrogen-bond donors (Lipinski definition) is 5. The molecule has 2 aromatic heterocycles. The summed E-state index contributed by atoms with van der Waals surface area (Å²) >= 11 is 5.03. The Morgan fingerprint density at radius 1 is 1.05 bits per heavy atom. The van der Waals surface area contributed by atoms with Gasteiger partial charge in [-0.25, -0.2) is 14.2 Å². The molecular weight excluding hydrogens is 535 g/mol. The van der Waals surface area contributed by atoms with Gasteiger partial charge >= 0.3 is 19.2 Å². The van der Waals surface area contributed by atoms with Crippen LogP contribution in [0.3, 0.4) is 0 Å². The number of aliphatic hydroxyl groups excluding tert-OH is 2. The van der Waals surface area contributed by atoms with Gasteiger partial charge in [-0.2, -0.15) is 0 Å². The van der Waals surface area contributed by atoms with Gasteiger partial charge in [0.05, 0.1) is 19.3 Å². The summed E-state index contributed by atoms with van der Waals surface area (Å²) in [6, 6.07) is 0. The SMILES string of the molecule is Cc1cn([C@H]2C[C@H](O)[C@@H](COP(=O)(O)O[C@H]3C[C@H](n4cc(C)c(=S)[nH]c4=O)O[C@@H]3CO)O2)c(=O)[nH]c1=O. The molecule has 2 saturated heterocycles. The second-order valence-electron chi connectivity index (χ2n) is 8.85. The first-order valence-electron chi connectivity index (χ1n) is 11.3. The molecule has 0 aromatic carbocycles. The Morgan fingerprint density at radius 2 is 1.65 bits per heavy atom. The highest BCUT2D eigenvalue weighted by molar-refractivity contribution is 7.71. The van der Waals surface area contributed by atoms with Gasteiger partial charge in [0.15, 0.2) is 0 Å². The lowest BCUT2D eigenvalue weighted by Crippen LogP contribution is -2.33. The number of nitrogens with one attached hydrogen (secondary N) is 2. The normalized spacial score (nSPS) is 29.4. The van der Waals surface area contributed by atoms with Crippen molar-refractivity contribution in [2.24, 2.45) is 0 Å². The first kappa shape index (κ1) is 27.8. The van der Waals surface area contributed by atoms with Crippen molar-refractivity contribution in [1.29, 1.82) is 0 Å². The Labute approximate surface area is 213 Å². The molecule has 0 saturated carbocycles. The van der Waals surface area contributed by atoms with Crippen molar-refractivity contribution in [2.75, 3.05) is 13.2 Å². The van der Waals surface area contributed by atoms with Gasteiger partial charge in [0.1, 0.15) is 35.4 Å². The molecule has 0 bridgehead atoms. The molecule has 5 N–H and O–H groups in total. The summed E-state index contributed by atoms with van der Waals surface area (Å²) in [6.45, 7) is 2.07. The third kappa shape index (κ3) is 6.08. The molecule has 4 heterocycles. The minimum Gasteiger partial charge on any atom is -0.394 e. The predicted molar refractivity (Wildman–Crippen MR) is 127 cm³/mol. The zero-order valence-corrected chi connectivity index (χ0v) is 21.5. The van der Waals surface area contributed by atoms with Crippen molar-refractivity contribution in [3.05, 3.63) is 59.5 Å². The maximum atomic E-state index is 12.6. The number of phosphoric acid groups is 1. The summed E-state index contributed by atoms with van der Waals surface area (Å²) in [5, 5.41) is 20.0. The zero-order valence-electron chi connectivity index (χ0n) is 19.8. The Morgan fingerprint density at radius 3 is 2.32 bits per heavy atom. The fourth-order valence-electron chi connectivity index (χ4n) is 4.15. The van der Waals surface area contributed by atoms with Crippen LogP contribution in [0.15, 0.2) is 26.8 Å². The van der Waals surface area contributed by atoms with E-state index in [4.69, 9.17) is 30.7 Å². The lowest BCUT2D eigenvalue weighted by molar-refractivity contribution is -0.0576. The minimum atomic E-state index is -4.74. The fraction of sp³-hybridized carbons (Fsp3) is 0.600. The topological polar surface area (TPSA) is 207 Å². The number of nitrogens with zero attached hydrogens (tertiary/aromatic N) is 2. The van der Waals surface area contributed by atoms with E-state index in [9.17, 15) is 34.1 Å². The molecular formula is C20H27N4O11PS. The smallest absolute Gasteiger partial charge is 0.394 e. The third-order valence-electron chi connectivity index (χ3n) is 6.15. The highest BCUT2D eigenvalue weighted by Gasteiger charge is 2.43. The van der Waals surface area contributed by atoms with Crippen molar-refractivity contribution >= 4 is 20.0 Å². The van der Waals surface area contributed by atoms with E-state index in [0.717, 1.165) is 4.57 Å². The van der Waals surface area contributed by atoms with Crippen molar-refractivity contribution in [1.82, 2.24) is 19.1 Å². The number of aromatic amines is 2. The van der Waals surface area contributed by atoms with Gasteiger partial charge in [-0.1, -0.05) is 12.2 Å². The van der Waals surface area contributed by atoms with E-state index >= 15 is 0 Å². The highest BCUT2D eigenvalue weighted by Crippen LogP contribution is 2.48. The molecule has 15 nitrogen and oxygen atoms in total. The molecule has 0 spiro atoms. The quantitative estimate of drug-likeness (QED) is 0.204. The van der Waals surface area contributed by atoms with Crippen LogP contribution < -0.4 is 16.9 Å². The Bertz CT molecular complexity index is 1430. The van der Waals surface area contributed by atoms with E-state index in [1.807, 2.05) is 0 Å². The summed E-state index contributed by atoms with van der Waals surface area (Å²) in [5.41, 5.74) is -0.970. The maximum Gasteiger partial charge on any atom is 0.472 e. The summed E-state index contributed by atoms with van der Waals surface area (Å²) in [7, 11) is -4.74. The molecule has 2 fully saturated rings. The van der Waals surface area contributed by atoms with Crippen molar-refractivity contribution in [3.8, 4) is 0 Å². The highest BCUT2D eigenvalue weighted by atomic mass is 32.1. The predicted octanol–water partition coefficient (Wildman–Crippen LogP) is -0.497. The van der Waals surface area contributed by atoms with E-state index in [2.05, 4.69) is 9.97 Å². The number of phosphoric ester groups is 1. The van der Waals surface area contributed by atoms with Crippen LogP contribution in [-0.4, -0.2) is 71.8 Å². The lowest BCUT2D eigenvalue weighted by atomic mass is 10.2. The van der Waals surface area contributed by atoms with Crippen molar-refractivity contribution in [3.63, 3.8) is 0 Å². The minimum absolute atomic E-state index is 0.0327. The molecule has 0 radical (unpaired) electrons. The van der Waals surface area contributed by atoms with Gasteiger partial charge in [0.2, 0.25) is 0 Å². The number of H-pyrrole nitrogens is 2. The van der Waals surface area contributed by atoms with Crippen LogP contribution in [0.2, 0.25) is 0 Å². The molecule has 2 aliphatic heterocycles. The molecule has 2 aliphatic rings. The molecule has 7 atom stereocenters. The van der Waals surface area contributed by atoms with Gasteiger partial charge in [-0.05, 0) is 13.8 Å². The molecule has 0 aliphatic carbocycles. The van der Waals surface area contributed by atoms with E-state index in [1.165, 1.54) is 23.9 Å². The van der Waals surface area contributed by atoms with Crippen LogP contribution in [0.25, 0.3) is 0 Å². The van der Waals surface area contributed by atoms with Crippen molar-refractivity contribution in [2.45, 2.75) is 63.6 Å². The largest absolute Gasteiger partial charge is 0.472 e. The number of ether oxygens (including phenoxy) is 2. The lowest BCUT2D eigenvalue weighted by Gasteiger charge is -2.22. The van der Waals surface area contributed by atoms with Crippen LogP contribution in [0.1, 0.15) is 36.4 Å². The van der Waals surface area contributed by atoms with Gasteiger partial charge in [-0.3, -0.25) is 32.9 Å². The summed E-state index contributed by atoms with van der Waals surface area (Å²) < 4.78 is 36.7. The average molecular weight is 562 g/mol. The number of aryl methyl sites for hydroxylation is 2.